The average molecular weight is 189 g/mol. The van der Waals surface area contributed by atoms with Crippen molar-refractivity contribution >= 4 is 16.9 Å². The number of benzene rings is 1. The van der Waals surface area contributed by atoms with E-state index in [2.05, 4.69) is 0 Å². The van der Waals surface area contributed by atoms with Crippen LogP contribution in [0.25, 0.3) is 10.9 Å². The molecule has 0 spiro atoms. The second-order valence-electron chi connectivity index (χ2n) is 3.35. The number of rotatable bonds is 2. The normalized spacial score (nSPS) is 10.6. The zero-order valence-electron chi connectivity index (χ0n) is 7.90. The van der Waals surface area contributed by atoms with Crippen LogP contribution in [-0.2, 0) is 18.3 Å². The lowest BCUT2D eigenvalue weighted by Gasteiger charge is -2.02. The largest absolute Gasteiger partial charge is 0.481 e. The number of hydrogen-bond acceptors (Lipinski definition) is 1. The van der Waals surface area contributed by atoms with Crippen LogP contribution in [0.5, 0.6) is 0 Å². The van der Waals surface area contributed by atoms with Crippen LogP contribution in [0.15, 0.2) is 30.5 Å². The highest BCUT2D eigenvalue weighted by Gasteiger charge is 2.07. The van der Waals surface area contributed by atoms with E-state index >= 15 is 0 Å². The maximum Gasteiger partial charge on any atom is 0.307 e. The zero-order chi connectivity index (χ0) is 10.1. The molecule has 2 rings (SSSR count). The van der Waals surface area contributed by atoms with Gasteiger partial charge < -0.3 is 9.67 Å². The van der Waals surface area contributed by atoms with Gasteiger partial charge in [0.05, 0.1) is 11.9 Å². The van der Waals surface area contributed by atoms with Crippen molar-refractivity contribution in [2.45, 2.75) is 6.42 Å². The molecule has 0 aliphatic heterocycles. The first-order valence-electron chi connectivity index (χ1n) is 4.43. The molecule has 72 valence electrons. The maximum atomic E-state index is 10.6. The van der Waals surface area contributed by atoms with E-state index in [1.54, 1.807) is 0 Å². The molecule has 0 atom stereocenters. The molecule has 0 saturated carbocycles. The van der Waals surface area contributed by atoms with Gasteiger partial charge in [0.1, 0.15) is 0 Å². The van der Waals surface area contributed by atoms with Crippen molar-refractivity contribution < 1.29 is 9.90 Å². The Labute approximate surface area is 81.6 Å². The Hall–Kier alpha value is -1.77. The van der Waals surface area contributed by atoms with Gasteiger partial charge >= 0.3 is 5.97 Å². The average Bonchev–Trinajstić information content (AvgIpc) is 2.48. The summed E-state index contributed by atoms with van der Waals surface area (Å²) in [5.41, 5.74) is 1.87. The summed E-state index contributed by atoms with van der Waals surface area (Å²) in [4.78, 5) is 10.6. The molecule has 1 aromatic heterocycles. The highest BCUT2D eigenvalue weighted by atomic mass is 16.4. The summed E-state index contributed by atoms with van der Waals surface area (Å²) in [6.45, 7) is 0. The number of aromatic nitrogens is 1. The summed E-state index contributed by atoms with van der Waals surface area (Å²) < 4.78 is 1.95. The predicted molar refractivity (Wildman–Crippen MR) is 54.3 cm³/mol. The summed E-state index contributed by atoms with van der Waals surface area (Å²) in [6, 6.07) is 7.72. The van der Waals surface area contributed by atoms with Crippen molar-refractivity contribution in [3.63, 3.8) is 0 Å². The first kappa shape index (κ1) is 8.81. The van der Waals surface area contributed by atoms with Crippen LogP contribution in [0.3, 0.4) is 0 Å². The van der Waals surface area contributed by atoms with Crippen LogP contribution < -0.4 is 0 Å². The third-order valence-electron chi connectivity index (χ3n) is 2.32. The monoisotopic (exact) mass is 189 g/mol. The number of hydrogen-bond donors (Lipinski definition) is 1. The summed E-state index contributed by atoms with van der Waals surface area (Å²) in [5, 5.41) is 9.83. The maximum absolute atomic E-state index is 10.6. The fourth-order valence-electron chi connectivity index (χ4n) is 1.75. The van der Waals surface area contributed by atoms with Crippen LogP contribution >= 0.6 is 0 Å². The molecule has 1 heterocycles. The quantitative estimate of drug-likeness (QED) is 0.782. The molecule has 3 nitrogen and oxygen atoms in total. The van der Waals surface area contributed by atoms with Gasteiger partial charge in [-0.05, 0) is 17.0 Å². The highest BCUT2D eigenvalue weighted by molar-refractivity contribution is 5.86. The van der Waals surface area contributed by atoms with E-state index in [0.717, 1.165) is 16.5 Å². The Morgan fingerprint density at radius 2 is 2.21 bits per heavy atom. The van der Waals surface area contributed by atoms with E-state index in [9.17, 15) is 4.79 Å². The predicted octanol–water partition coefficient (Wildman–Crippen LogP) is 1.81. The molecule has 0 unspecified atom stereocenters. The molecule has 1 N–H and O–H groups in total. The summed E-state index contributed by atoms with van der Waals surface area (Å²) in [6.07, 6.45) is 2.02. The van der Waals surface area contributed by atoms with E-state index in [-0.39, 0.29) is 6.42 Å². The Morgan fingerprint density at radius 1 is 1.43 bits per heavy atom. The number of aliphatic carboxylic acids is 1. The zero-order valence-corrected chi connectivity index (χ0v) is 7.90. The molecule has 0 bridgehead atoms. The van der Waals surface area contributed by atoms with Crippen LogP contribution in [0.2, 0.25) is 0 Å². The first-order chi connectivity index (χ1) is 6.68. The van der Waals surface area contributed by atoms with Gasteiger partial charge in [0.25, 0.3) is 0 Å². The number of fused-ring (bicyclic) bond motifs is 1. The molecule has 2 aromatic rings. The number of para-hydroxylation sites is 1. The fourth-order valence-corrected chi connectivity index (χ4v) is 1.75. The number of aryl methyl sites for hydroxylation is 1. The minimum atomic E-state index is -0.793. The molecule has 3 heteroatoms. The summed E-state index contributed by atoms with van der Waals surface area (Å²) in [7, 11) is 1.92. The van der Waals surface area contributed by atoms with Gasteiger partial charge in [0, 0.05) is 13.2 Å². The lowest BCUT2D eigenvalue weighted by molar-refractivity contribution is -0.136. The minimum absolute atomic E-state index is 0.0786. The van der Waals surface area contributed by atoms with Gasteiger partial charge in [-0.3, -0.25) is 4.79 Å². The number of nitrogens with zero attached hydrogens (tertiary/aromatic N) is 1. The van der Waals surface area contributed by atoms with Crippen molar-refractivity contribution in [1.82, 2.24) is 4.57 Å². The van der Waals surface area contributed by atoms with Gasteiger partial charge in [-0.2, -0.15) is 0 Å². The smallest absolute Gasteiger partial charge is 0.307 e. The minimum Gasteiger partial charge on any atom is -0.481 e. The van der Waals surface area contributed by atoms with Gasteiger partial charge in [-0.15, -0.1) is 0 Å². The van der Waals surface area contributed by atoms with Crippen LogP contribution in [0.4, 0.5) is 0 Å². The van der Waals surface area contributed by atoms with Gasteiger partial charge in [0.15, 0.2) is 0 Å². The van der Waals surface area contributed by atoms with Crippen molar-refractivity contribution in [3.8, 4) is 0 Å². The molecule has 0 aliphatic rings. The van der Waals surface area contributed by atoms with E-state index in [0.29, 0.717) is 0 Å². The van der Waals surface area contributed by atoms with Crippen molar-refractivity contribution in [2.75, 3.05) is 0 Å². The molecular weight excluding hydrogens is 178 g/mol. The Balaban J connectivity index is 2.63. The molecule has 1 aromatic carbocycles. The molecule has 0 aliphatic carbocycles. The third kappa shape index (κ3) is 1.37. The van der Waals surface area contributed by atoms with Crippen molar-refractivity contribution in [1.29, 1.82) is 0 Å². The Morgan fingerprint density at radius 3 is 2.93 bits per heavy atom. The van der Waals surface area contributed by atoms with Crippen LogP contribution in [0, 0.1) is 0 Å². The van der Waals surface area contributed by atoms with Gasteiger partial charge in [-0.1, -0.05) is 18.2 Å². The van der Waals surface area contributed by atoms with E-state index < -0.39 is 5.97 Å². The fraction of sp³-hybridized carbons (Fsp3) is 0.182. The second-order valence-corrected chi connectivity index (χ2v) is 3.35. The summed E-state index contributed by atoms with van der Waals surface area (Å²) in [5.74, 6) is -0.793. The Kier molecular flexibility index (Phi) is 2.00. The lowest BCUT2D eigenvalue weighted by Crippen LogP contribution is -2.02. The standard InChI is InChI=1S/C11H11NO2/c1-12-6-5-8-3-2-4-9(11(8)12)7-10(13)14/h2-6H,7H2,1H3,(H,13,14). The molecule has 0 radical (unpaired) electrons. The molecule has 0 amide bonds. The topological polar surface area (TPSA) is 42.2 Å². The van der Waals surface area contributed by atoms with Crippen LogP contribution in [-0.4, -0.2) is 15.6 Å². The van der Waals surface area contributed by atoms with E-state index in [1.807, 2.05) is 42.1 Å². The number of carboxylic acids is 1. The number of carboxylic acid groups (broad SMARTS) is 1. The van der Waals surface area contributed by atoms with Crippen molar-refractivity contribution in [2.24, 2.45) is 7.05 Å². The Bertz CT molecular complexity index is 485. The van der Waals surface area contributed by atoms with Gasteiger partial charge in [-0.25, -0.2) is 0 Å². The van der Waals surface area contributed by atoms with E-state index in [4.69, 9.17) is 5.11 Å². The third-order valence-corrected chi connectivity index (χ3v) is 2.32. The highest BCUT2D eigenvalue weighted by Crippen LogP contribution is 2.19. The summed E-state index contributed by atoms with van der Waals surface area (Å²) >= 11 is 0. The van der Waals surface area contributed by atoms with Crippen molar-refractivity contribution in [3.05, 3.63) is 36.0 Å². The number of carbonyl (C=O) groups is 1. The van der Waals surface area contributed by atoms with Gasteiger partial charge in [0.2, 0.25) is 0 Å². The second kappa shape index (κ2) is 3.18. The lowest BCUT2D eigenvalue weighted by atomic mass is 10.1. The molecular formula is C11H11NO2. The SMILES string of the molecule is Cn1ccc2cccc(CC(=O)O)c21. The molecule has 0 fully saturated rings. The molecule has 0 saturated heterocycles. The van der Waals surface area contributed by atoms with E-state index in [1.165, 1.54) is 0 Å². The van der Waals surface area contributed by atoms with Crippen LogP contribution in [0.1, 0.15) is 5.56 Å². The molecule has 14 heavy (non-hydrogen) atoms. The first-order valence-corrected chi connectivity index (χ1v) is 4.43.